The summed E-state index contributed by atoms with van der Waals surface area (Å²) in [5, 5.41) is 9.30. The van der Waals surface area contributed by atoms with Crippen LogP contribution in [0.5, 0.6) is 6.01 Å². The molecule has 3 aromatic heterocycles. The van der Waals surface area contributed by atoms with Crippen LogP contribution in [0.15, 0.2) is 58.4 Å². The number of aliphatic hydroxyl groups is 1. The number of benzene rings is 1. The van der Waals surface area contributed by atoms with Crippen molar-refractivity contribution >= 4 is 11.2 Å². The van der Waals surface area contributed by atoms with Gasteiger partial charge >= 0.3 is 5.69 Å². The molecule has 9 nitrogen and oxygen atoms in total. The number of hydrogen-bond acceptors (Lipinski definition) is 6. The quantitative estimate of drug-likeness (QED) is 0.383. The Kier molecular flexibility index (Phi) is 7.17. The zero-order valence-corrected chi connectivity index (χ0v) is 18.9. The molecule has 0 radical (unpaired) electrons. The second-order valence-electron chi connectivity index (χ2n) is 7.89. The lowest BCUT2D eigenvalue weighted by Gasteiger charge is -2.13. The number of aliphatic hydroxyl groups excluding tert-OH is 1. The van der Waals surface area contributed by atoms with Crippen molar-refractivity contribution in [3.8, 4) is 6.01 Å². The topological polar surface area (TPSA) is 104 Å². The molecule has 0 amide bonds. The molecule has 0 fully saturated rings. The van der Waals surface area contributed by atoms with E-state index in [1.54, 1.807) is 35.2 Å². The Morgan fingerprint density at radius 2 is 1.79 bits per heavy atom. The third-order valence-corrected chi connectivity index (χ3v) is 5.37. The van der Waals surface area contributed by atoms with E-state index in [0.29, 0.717) is 6.61 Å². The maximum Gasteiger partial charge on any atom is 0.333 e. The summed E-state index contributed by atoms with van der Waals surface area (Å²) >= 11 is 0. The molecule has 0 atom stereocenters. The van der Waals surface area contributed by atoms with Crippen LogP contribution in [0.25, 0.3) is 11.2 Å². The maximum atomic E-state index is 13.5. The number of fused-ring (bicyclic) bond motifs is 1. The van der Waals surface area contributed by atoms with Crippen molar-refractivity contribution in [2.45, 2.75) is 39.4 Å². The van der Waals surface area contributed by atoms with Crippen molar-refractivity contribution in [2.75, 3.05) is 13.2 Å². The first-order chi connectivity index (χ1) is 16.5. The molecule has 0 aliphatic heterocycles. The molecule has 1 aromatic carbocycles. The Hall–Kier alpha value is -3.79. The van der Waals surface area contributed by atoms with Crippen molar-refractivity contribution in [1.29, 1.82) is 0 Å². The van der Waals surface area contributed by atoms with Gasteiger partial charge < -0.3 is 9.84 Å². The molecule has 4 rings (SSSR count). The summed E-state index contributed by atoms with van der Waals surface area (Å²) in [5.41, 5.74) is 0.875. The molecule has 0 unspecified atom stereocenters. The van der Waals surface area contributed by atoms with Gasteiger partial charge in [-0.25, -0.2) is 9.18 Å². The van der Waals surface area contributed by atoms with Crippen LogP contribution in [0, 0.1) is 5.82 Å². The Morgan fingerprint density at radius 3 is 2.47 bits per heavy atom. The Labute approximate surface area is 194 Å². The summed E-state index contributed by atoms with van der Waals surface area (Å²) in [4.78, 5) is 35.5. The van der Waals surface area contributed by atoms with Crippen LogP contribution >= 0.6 is 0 Å². The molecule has 178 valence electrons. The summed E-state index contributed by atoms with van der Waals surface area (Å²) in [5.74, 6) is -0.363. The van der Waals surface area contributed by atoms with Crippen LogP contribution in [0.1, 0.15) is 30.9 Å². The SMILES string of the molecule is CCCOc1nc2c(c(=O)n(CCCO)c(=O)n2Cc2cccnc2)n1Cc1ccc(F)cc1. The van der Waals surface area contributed by atoms with Gasteiger partial charge in [-0.2, -0.15) is 4.98 Å². The van der Waals surface area contributed by atoms with E-state index in [4.69, 9.17) is 4.74 Å². The second kappa shape index (κ2) is 10.4. The predicted octanol–water partition coefficient (Wildman–Crippen LogP) is 2.16. The minimum atomic E-state index is -0.525. The molecular formula is C24H26FN5O4. The van der Waals surface area contributed by atoms with E-state index in [1.165, 1.54) is 16.7 Å². The smallest absolute Gasteiger partial charge is 0.333 e. The molecule has 0 saturated carbocycles. The Morgan fingerprint density at radius 1 is 1.03 bits per heavy atom. The molecule has 0 aliphatic rings. The summed E-state index contributed by atoms with van der Waals surface area (Å²) in [6.07, 6.45) is 4.26. The lowest BCUT2D eigenvalue weighted by molar-refractivity contribution is 0.277. The number of imidazole rings is 1. The highest BCUT2D eigenvalue weighted by Gasteiger charge is 2.23. The maximum absolute atomic E-state index is 13.5. The average molecular weight is 468 g/mol. The van der Waals surface area contributed by atoms with Gasteiger partial charge in [0.25, 0.3) is 11.6 Å². The number of ether oxygens (including phenoxy) is 1. The summed E-state index contributed by atoms with van der Waals surface area (Å²) in [7, 11) is 0. The predicted molar refractivity (Wildman–Crippen MR) is 125 cm³/mol. The van der Waals surface area contributed by atoms with Gasteiger partial charge in [0.2, 0.25) is 0 Å². The van der Waals surface area contributed by atoms with Crippen LogP contribution in [0.4, 0.5) is 4.39 Å². The zero-order chi connectivity index (χ0) is 24.1. The van der Waals surface area contributed by atoms with Crippen molar-refractivity contribution in [1.82, 2.24) is 23.7 Å². The van der Waals surface area contributed by atoms with Crippen LogP contribution in [0.2, 0.25) is 0 Å². The molecule has 4 aromatic rings. The molecule has 3 heterocycles. The lowest BCUT2D eigenvalue weighted by Crippen LogP contribution is -2.41. The fourth-order valence-electron chi connectivity index (χ4n) is 3.74. The molecule has 0 spiro atoms. The van der Waals surface area contributed by atoms with Gasteiger partial charge in [-0.05, 0) is 42.2 Å². The molecule has 34 heavy (non-hydrogen) atoms. The molecule has 0 aliphatic carbocycles. The summed E-state index contributed by atoms with van der Waals surface area (Å²) in [6.45, 7) is 2.58. The lowest BCUT2D eigenvalue weighted by atomic mass is 10.2. The largest absolute Gasteiger partial charge is 0.465 e. The number of nitrogens with zero attached hydrogens (tertiary/aromatic N) is 5. The minimum Gasteiger partial charge on any atom is -0.465 e. The highest BCUT2D eigenvalue weighted by atomic mass is 19.1. The summed E-state index contributed by atoms with van der Waals surface area (Å²) in [6, 6.07) is 9.75. The zero-order valence-electron chi connectivity index (χ0n) is 18.9. The first-order valence-corrected chi connectivity index (χ1v) is 11.1. The van der Waals surface area contributed by atoms with E-state index in [9.17, 15) is 19.1 Å². The van der Waals surface area contributed by atoms with E-state index in [2.05, 4.69) is 9.97 Å². The number of hydrogen-bond donors (Lipinski definition) is 1. The minimum absolute atomic E-state index is 0.0595. The Bertz CT molecular complexity index is 1380. The van der Waals surface area contributed by atoms with Gasteiger partial charge in [0.05, 0.1) is 19.7 Å². The fourth-order valence-corrected chi connectivity index (χ4v) is 3.74. The first kappa shape index (κ1) is 23.4. The Balaban J connectivity index is 1.96. The molecule has 0 bridgehead atoms. The highest BCUT2D eigenvalue weighted by molar-refractivity contribution is 5.72. The number of pyridine rings is 1. The normalized spacial score (nSPS) is 11.3. The number of aromatic nitrogens is 5. The van der Waals surface area contributed by atoms with Crippen LogP contribution in [-0.2, 0) is 19.6 Å². The van der Waals surface area contributed by atoms with Gasteiger partial charge in [0.15, 0.2) is 11.2 Å². The number of halogens is 1. The first-order valence-electron chi connectivity index (χ1n) is 11.1. The van der Waals surface area contributed by atoms with Gasteiger partial charge in [-0.3, -0.25) is 23.5 Å². The van der Waals surface area contributed by atoms with Crippen molar-refractivity contribution in [3.05, 3.63) is 86.6 Å². The third kappa shape index (κ3) is 4.76. The molecule has 1 N–H and O–H groups in total. The molecule has 10 heteroatoms. The van der Waals surface area contributed by atoms with Crippen molar-refractivity contribution < 1.29 is 14.2 Å². The van der Waals surface area contributed by atoms with Crippen molar-refractivity contribution in [2.24, 2.45) is 0 Å². The van der Waals surface area contributed by atoms with E-state index >= 15 is 0 Å². The van der Waals surface area contributed by atoms with Crippen LogP contribution in [0.3, 0.4) is 0 Å². The van der Waals surface area contributed by atoms with Gasteiger partial charge in [-0.15, -0.1) is 0 Å². The van der Waals surface area contributed by atoms with Crippen LogP contribution in [-0.4, -0.2) is 42.0 Å². The van der Waals surface area contributed by atoms with Gasteiger partial charge in [0, 0.05) is 25.5 Å². The van der Waals surface area contributed by atoms with E-state index < -0.39 is 11.2 Å². The monoisotopic (exact) mass is 467 g/mol. The van der Waals surface area contributed by atoms with Crippen LogP contribution < -0.4 is 16.0 Å². The second-order valence-corrected chi connectivity index (χ2v) is 7.89. The molecule has 0 saturated heterocycles. The van der Waals surface area contributed by atoms with Crippen molar-refractivity contribution in [3.63, 3.8) is 0 Å². The number of rotatable bonds is 10. The standard InChI is InChI=1S/C24H26FN5O4/c1-2-13-34-23-27-21-20(29(23)15-17-6-8-19(25)9-7-17)22(32)28(11-4-12-31)24(33)30(21)16-18-5-3-10-26-14-18/h3,5-10,14,31H,2,4,11-13,15-16H2,1H3. The third-order valence-electron chi connectivity index (χ3n) is 5.37. The van der Waals surface area contributed by atoms with Gasteiger partial charge in [0.1, 0.15) is 5.82 Å². The fraction of sp³-hybridized carbons (Fsp3) is 0.333. The molecular weight excluding hydrogens is 441 g/mol. The summed E-state index contributed by atoms with van der Waals surface area (Å²) < 4.78 is 23.4. The van der Waals surface area contributed by atoms with E-state index in [-0.39, 0.29) is 55.7 Å². The van der Waals surface area contributed by atoms with E-state index in [0.717, 1.165) is 22.1 Å². The highest BCUT2D eigenvalue weighted by Crippen LogP contribution is 2.21. The average Bonchev–Trinajstić information content (AvgIpc) is 3.20. The van der Waals surface area contributed by atoms with Gasteiger partial charge in [-0.1, -0.05) is 25.1 Å². The van der Waals surface area contributed by atoms with E-state index in [1.807, 2.05) is 13.0 Å².